The van der Waals surface area contributed by atoms with Gasteiger partial charge in [-0.05, 0) is 11.8 Å². The molecule has 0 radical (unpaired) electrons. The molecule has 1 fully saturated rings. The second kappa shape index (κ2) is 22.4. The molecule has 174 valence electrons. The molecule has 1 saturated heterocycles. The van der Waals surface area contributed by atoms with Crippen LogP contribution in [0.4, 0.5) is 0 Å². The molecule has 1 rings (SSSR count). The van der Waals surface area contributed by atoms with Gasteiger partial charge in [0.05, 0.1) is 44.5 Å². The van der Waals surface area contributed by atoms with E-state index in [2.05, 4.69) is 19.2 Å². The molecule has 6 atom stereocenters. The van der Waals surface area contributed by atoms with Crippen LogP contribution in [-0.2, 0) is 35.1 Å². The fourth-order valence-electron chi connectivity index (χ4n) is 2.54. The van der Waals surface area contributed by atoms with Crippen molar-refractivity contribution in [1.82, 2.24) is 5.32 Å². The van der Waals surface area contributed by atoms with Gasteiger partial charge in [-0.25, -0.2) is 0 Å². The van der Waals surface area contributed by atoms with Crippen LogP contribution < -0.4 is 5.32 Å². The Kier molecular flexibility index (Phi) is 25.8. The predicted molar refractivity (Wildman–Crippen MR) is 113 cm³/mol. The molecular formula is C20H39N2NiO5P. The monoisotopic (exact) mass is 476 g/mol. The van der Waals surface area contributed by atoms with Crippen LogP contribution in [0.25, 0.3) is 0 Å². The smallest absolute Gasteiger partial charge is 0.394 e. The molecule has 0 aromatic heterocycles. The van der Waals surface area contributed by atoms with Crippen molar-refractivity contribution < 1.29 is 40.2 Å². The molecular weight excluding hydrogens is 438 g/mol. The molecule has 1 aliphatic heterocycles. The minimum absolute atomic E-state index is 0. The van der Waals surface area contributed by atoms with E-state index in [-0.39, 0.29) is 74.7 Å². The zero-order valence-electron chi connectivity index (χ0n) is 18.4. The average Bonchev–Trinajstić information content (AvgIpc) is 2.64. The summed E-state index contributed by atoms with van der Waals surface area (Å²) >= 11 is 0. The molecule has 3 unspecified atom stereocenters. The number of nitrogens with one attached hydrogen (secondary N) is 1. The van der Waals surface area contributed by atoms with Crippen LogP contribution in [0.2, 0.25) is 0 Å². The van der Waals surface area contributed by atoms with E-state index in [1.165, 1.54) is 6.92 Å². The summed E-state index contributed by atoms with van der Waals surface area (Å²) in [5, 5.41) is 20.7. The molecule has 1 amide bonds. The maximum absolute atomic E-state index is 11.4. The zero-order chi connectivity index (χ0) is 21.9. The summed E-state index contributed by atoms with van der Waals surface area (Å²) in [6.07, 6.45) is 1.72. The Labute approximate surface area is 189 Å². The molecule has 7 nitrogen and oxygen atoms in total. The third-order valence-electron chi connectivity index (χ3n) is 3.96. The van der Waals surface area contributed by atoms with E-state index in [0.29, 0.717) is 13.0 Å². The fourth-order valence-corrected chi connectivity index (χ4v) is 3.05. The molecule has 29 heavy (non-hydrogen) atoms. The maximum atomic E-state index is 11.4. The van der Waals surface area contributed by atoms with Gasteiger partial charge in [-0.1, -0.05) is 27.7 Å². The average molecular weight is 477 g/mol. The fraction of sp³-hybridized carbons (Fsp3) is 0.800. The minimum Gasteiger partial charge on any atom is -0.394 e. The number of aliphatic hydroxyl groups excluding tert-OH is 1. The standard InChI is InChI=1S/C14H25N2O5P.2C3H7.Ni/c1-9-10(2)14(16-11(3)18)13(21-12(9)7-17)8-20-22-19-6-4-5-15;2*1-3-2;/h9-10,12-14,17,22H,4,6-8H2,1-3H3,(H,16,18);2*1,3H2,2H3;/q;2*-1;+2/t9-,10-,12+,13?,14?;;;/m0.../s1. The second-order valence-corrected chi connectivity index (χ2v) is 7.24. The number of hydrogen-bond acceptors (Lipinski definition) is 6. The molecule has 0 saturated carbocycles. The summed E-state index contributed by atoms with van der Waals surface area (Å²) in [6, 6.07) is 1.82. The van der Waals surface area contributed by atoms with E-state index < -0.39 is 0 Å². The largest absolute Gasteiger partial charge is 2.00 e. The summed E-state index contributed by atoms with van der Waals surface area (Å²) in [7, 11) is -0.175. The van der Waals surface area contributed by atoms with Gasteiger partial charge in [0, 0.05) is 6.92 Å². The van der Waals surface area contributed by atoms with E-state index in [1.807, 2.05) is 33.8 Å². The molecule has 0 aliphatic carbocycles. The van der Waals surface area contributed by atoms with Gasteiger partial charge in [0.25, 0.3) is 0 Å². The number of nitriles is 1. The van der Waals surface area contributed by atoms with Gasteiger partial charge in [0.2, 0.25) is 5.91 Å². The van der Waals surface area contributed by atoms with Gasteiger partial charge in [-0.2, -0.15) is 18.1 Å². The second-order valence-electron chi connectivity index (χ2n) is 6.49. The van der Waals surface area contributed by atoms with Crippen molar-refractivity contribution in [2.24, 2.45) is 11.8 Å². The summed E-state index contributed by atoms with van der Waals surface area (Å²) in [5.41, 5.74) is 0. The van der Waals surface area contributed by atoms with Crippen molar-refractivity contribution in [2.45, 2.75) is 72.1 Å². The van der Waals surface area contributed by atoms with Crippen molar-refractivity contribution in [3.63, 3.8) is 0 Å². The number of carbonyl (C=O) groups is 1. The van der Waals surface area contributed by atoms with E-state index >= 15 is 0 Å². The van der Waals surface area contributed by atoms with Crippen molar-refractivity contribution in [3.05, 3.63) is 13.8 Å². The van der Waals surface area contributed by atoms with E-state index in [9.17, 15) is 9.90 Å². The number of aliphatic hydroxyl groups is 1. The Morgan fingerprint density at radius 2 is 1.76 bits per heavy atom. The zero-order valence-corrected chi connectivity index (χ0v) is 20.4. The predicted octanol–water partition coefficient (Wildman–Crippen LogP) is 3.44. The summed E-state index contributed by atoms with van der Waals surface area (Å²) < 4.78 is 16.5. The van der Waals surface area contributed by atoms with Gasteiger partial charge in [0.1, 0.15) is 6.10 Å². The third kappa shape index (κ3) is 16.1. The molecule has 9 heteroatoms. The first-order chi connectivity index (χ1) is 13.3. The van der Waals surface area contributed by atoms with Crippen LogP contribution in [0.3, 0.4) is 0 Å². The Hall–Kier alpha value is -0.276. The molecule has 0 spiro atoms. The normalized spacial score (nSPS) is 25.6. The van der Waals surface area contributed by atoms with E-state index in [1.54, 1.807) is 0 Å². The summed E-state index contributed by atoms with van der Waals surface area (Å²) in [4.78, 5) is 11.4. The molecule has 1 heterocycles. The van der Waals surface area contributed by atoms with E-state index in [4.69, 9.17) is 19.0 Å². The van der Waals surface area contributed by atoms with Crippen LogP contribution in [0.5, 0.6) is 0 Å². The van der Waals surface area contributed by atoms with Gasteiger partial charge in [-0.3, -0.25) is 4.79 Å². The summed E-state index contributed by atoms with van der Waals surface area (Å²) in [5.74, 6) is 0.173. The Balaban J connectivity index is -0.000000857. The van der Waals surface area contributed by atoms with Crippen molar-refractivity contribution in [3.8, 4) is 6.07 Å². The molecule has 1 aliphatic rings. The number of amides is 1. The number of carbonyl (C=O) groups excluding carboxylic acids is 1. The van der Waals surface area contributed by atoms with Gasteiger partial charge >= 0.3 is 16.5 Å². The van der Waals surface area contributed by atoms with Crippen LogP contribution in [0.15, 0.2) is 0 Å². The van der Waals surface area contributed by atoms with Crippen molar-refractivity contribution in [1.29, 1.82) is 5.26 Å². The molecule has 0 bridgehead atoms. The molecule has 0 aromatic carbocycles. The van der Waals surface area contributed by atoms with Crippen LogP contribution in [0, 0.1) is 37.0 Å². The number of ether oxygens (including phenoxy) is 1. The Morgan fingerprint density at radius 3 is 2.21 bits per heavy atom. The van der Waals surface area contributed by atoms with Crippen LogP contribution in [-0.4, -0.2) is 49.1 Å². The Morgan fingerprint density at radius 1 is 1.21 bits per heavy atom. The number of nitrogens with zero attached hydrogens (tertiary/aromatic N) is 1. The number of rotatable bonds is 8. The molecule has 0 aromatic rings. The van der Waals surface area contributed by atoms with Crippen molar-refractivity contribution >= 4 is 14.9 Å². The van der Waals surface area contributed by atoms with Gasteiger partial charge < -0.3 is 38.1 Å². The quantitative estimate of drug-likeness (QED) is 0.241. The SMILES string of the molecule is CC(=O)NC1C(COPOCCC#N)O[C@H](CO)[C@@H](C)[C@@H]1C.[CH2-]CC.[CH2-]CC.[Ni+2]. The van der Waals surface area contributed by atoms with Crippen LogP contribution in [0.1, 0.15) is 53.9 Å². The topological polar surface area (TPSA) is 101 Å². The maximum Gasteiger partial charge on any atom is 2.00 e. The number of hydrogen-bond donors (Lipinski definition) is 2. The van der Waals surface area contributed by atoms with Crippen LogP contribution >= 0.6 is 9.03 Å². The first-order valence-electron chi connectivity index (χ1n) is 9.81. The third-order valence-corrected chi connectivity index (χ3v) is 4.57. The van der Waals surface area contributed by atoms with Gasteiger partial charge in [-0.15, -0.1) is 0 Å². The first kappa shape index (κ1) is 33.4. The molecule has 2 N–H and O–H groups in total. The summed E-state index contributed by atoms with van der Waals surface area (Å²) in [6.45, 7) is 17.1. The minimum atomic E-state index is -0.334. The first-order valence-corrected chi connectivity index (χ1v) is 10.6. The Bertz CT molecular complexity index is 424. The van der Waals surface area contributed by atoms with Crippen molar-refractivity contribution in [2.75, 3.05) is 19.8 Å². The van der Waals surface area contributed by atoms with Gasteiger partial charge in [0.15, 0.2) is 9.03 Å². The van der Waals surface area contributed by atoms with E-state index in [0.717, 1.165) is 12.8 Å².